The molecule has 0 amide bonds. The van der Waals surface area contributed by atoms with Crippen molar-refractivity contribution in [2.45, 2.75) is 43.5 Å². The summed E-state index contributed by atoms with van der Waals surface area (Å²) in [5.41, 5.74) is -0.209. The number of hydrogen-bond donors (Lipinski definition) is 1. The SMILES string of the molecule is OC1(c2cccc(F)c2)CC2CCC(C1)O2. The molecule has 2 aliphatic heterocycles. The van der Waals surface area contributed by atoms with E-state index in [1.165, 1.54) is 12.1 Å². The maximum atomic E-state index is 13.2. The largest absolute Gasteiger partial charge is 0.385 e. The van der Waals surface area contributed by atoms with Crippen LogP contribution in [-0.4, -0.2) is 17.3 Å². The molecule has 0 radical (unpaired) electrons. The Kier molecular flexibility index (Phi) is 2.26. The standard InChI is InChI=1S/C13H15FO2/c14-10-3-1-2-9(6-10)13(15)7-11-4-5-12(8-13)16-11/h1-3,6,11-12,15H,4-5,7-8H2. The van der Waals surface area contributed by atoms with Gasteiger partial charge in [0, 0.05) is 12.8 Å². The fourth-order valence-electron chi connectivity index (χ4n) is 2.93. The summed E-state index contributed by atoms with van der Waals surface area (Å²) in [5, 5.41) is 10.6. The molecule has 1 aromatic rings. The summed E-state index contributed by atoms with van der Waals surface area (Å²) >= 11 is 0. The first-order valence-corrected chi connectivity index (χ1v) is 5.80. The highest BCUT2D eigenvalue weighted by Crippen LogP contribution is 2.43. The van der Waals surface area contributed by atoms with E-state index in [2.05, 4.69) is 0 Å². The van der Waals surface area contributed by atoms with Crippen LogP contribution in [0.4, 0.5) is 4.39 Å². The average Bonchev–Trinajstić information content (AvgIpc) is 2.59. The molecule has 2 heterocycles. The lowest BCUT2D eigenvalue weighted by Gasteiger charge is -2.36. The Morgan fingerprint density at radius 2 is 1.94 bits per heavy atom. The highest BCUT2D eigenvalue weighted by molar-refractivity contribution is 5.24. The van der Waals surface area contributed by atoms with Gasteiger partial charge in [-0.3, -0.25) is 0 Å². The van der Waals surface area contributed by atoms with Gasteiger partial charge in [-0.15, -0.1) is 0 Å². The molecule has 2 fully saturated rings. The summed E-state index contributed by atoms with van der Waals surface area (Å²) < 4.78 is 18.9. The zero-order valence-electron chi connectivity index (χ0n) is 9.03. The van der Waals surface area contributed by atoms with Gasteiger partial charge in [0.1, 0.15) is 5.82 Å². The lowest BCUT2D eigenvalue weighted by Crippen LogP contribution is -2.38. The molecule has 2 nitrogen and oxygen atoms in total. The molecule has 86 valence electrons. The summed E-state index contributed by atoms with van der Waals surface area (Å²) in [7, 11) is 0. The van der Waals surface area contributed by atoms with Crippen molar-refractivity contribution in [3.05, 3.63) is 35.6 Å². The van der Waals surface area contributed by atoms with Crippen LogP contribution in [-0.2, 0) is 10.3 Å². The number of ether oxygens (including phenoxy) is 1. The molecular weight excluding hydrogens is 207 g/mol. The minimum absolute atomic E-state index is 0.145. The molecule has 0 aromatic heterocycles. The first kappa shape index (κ1) is 10.2. The van der Waals surface area contributed by atoms with E-state index in [0.717, 1.165) is 12.8 Å². The van der Waals surface area contributed by atoms with Gasteiger partial charge >= 0.3 is 0 Å². The van der Waals surface area contributed by atoms with Crippen LogP contribution in [0, 0.1) is 5.82 Å². The molecule has 0 spiro atoms. The maximum Gasteiger partial charge on any atom is 0.123 e. The zero-order chi connectivity index (χ0) is 11.2. The second-order valence-corrected chi connectivity index (χ2v) is 4.91. The van der Waals surface area contributed by atoms with Crippen molar-refractivity contribution < 1.29 is 14.2 Å². The third-order valence-electron chi connectivity index (χ3n) is 3.69. The fraction of sp³-hybridized carbons (Fsp3) is 0.538. The fourth-order valence-corrected chi connectivity index (χ4v) is 2.93. The molecule has 0 aliphatic carbocycles. The van der Waals surface area contributed by atoms with Gasteiger partial charge in [0.25, 0.3) is 0 Å². The molecule has 2 bridgehead atoms. The monoisotopic (exact) mass is 222 g/mol. The smallest absolute Gasteiger partial charge is 0.123 e. The normalized spacial score (nSPS) is 37.6. The predicted molar refractivity (Wildman–Crippen MR) is 57.4 cm³/mol. The molecule has 2 saturated heterocycles. The third-order valence-corrected chi connectivity index (χ3v) is 3.69. The minimum atomic E-state index is -0.897. The van der Waals surface area contributed by atoms with Crippen LogP contribution in [0.3, 0.4) is 0 Å². The van der Waals surface area contributed by atoms with E-state index in [9.17, 15) is 9.50 Å². The van der Waals surface area contributed by atoms with Gasteiger partial charge < -0.3 is 9.84 Å². The molecule has 2 aliphatic rings. The molecule has 1 aromatic carbocycles. The minimum Gasteiger partial charge on any atom is -0.385 e. The number of benzene rings is 1. The maximum absolute atomic E-state index is 13.2. The average molecular weight is 222 g/mol. The van der Waals surface area contributed by atoms with Crippen LogP contribution in [0.2, 0.25) is 0 Å². The van der Waals surface area contributed by atoms with Gasteiger partial charge in [-0.05, 0) is 30.5 Å². The van der Waals surface area contributed by atoms with Crippen molar-refractivity contribution in [1.82, 2.24) is 0 Å². The Morgan fingerprint density at radius 3 is 2.56 bits per heavy atom. The van der Waals surface area contributed by atoms with Gasteiger partial charge in [-0.25, -0.2) is 4.39 Å². The summed E-state index contributed by atoms with van der Waals surface area (Å²) in [6, 6.07) is 6.29. The van der Waals surface area contributed by atoms with Crippen molar-refractivity contribution in [3.63, 3.8) is 0 Å². The lowest BCUT2D eigenvalue weighted by molar-refractivity contribution is -0.115. The second-order valence-electron chi connectivity index (χ2n) is 4.91. The number of rotatable bonds is 1. The zero-order valence-corrected chi connectivity index (χ0v) is 9.03. The van der Waals surface area contributed by atoms with Gasteiger partial charge in [0.15, 0.2) is 0 Å². The summed E-state index contributed by atoms with van der Waals surface area (Å²) in [5.74, 6) is -0.287. The Labute approximate surface area is 94.0 Å². The highest BCUT2D eigenvalue weighted by Gasteiger charge is 2.44. The van der Waals surface area contributed by atoms with E-state index >= 15 is 0 Å². The Morgan fingerprint density at radius 1 is 1.25 bits per heavy atom. The molecule has 3 rings (SSSR count). The van der Waals surface area contributed by atoms with Crippen LogP contribution in [0.25, 0.3) is 0 Å². The van der Waals surface area contributed by atoms with Crippen LogP contribution in [0.15, 0.2) is 24.3 Å². The van der Waals surface area contributed by atoms with Crippen molar-refractivity contribution in [3.8, 4) is 0 Å². The van der Waals surface area contributed by atoms with E-state index in [-0.39, 0.29) is 18.0 Å². The number of aliphatic hydroxyl groups is 1. The first-order valence-electron chi connectivity index (χ1n) is 5.80. The van der Waals surface area contributed by atoms with E-state index < -0.39 is 5.60 Å². The third kappa shape index (κ3) is 1.64. The van der Waals surface area contributed by atoms with Gasteiger partial charge in [0.05, 0.1) is 17.8 Å². The Balaban J connectivity index is 1.93. The van der Waals surface area contributed by atoms with Crippen LogP contribution in [0.5, 0.6) is 0 Å². The number of fused-ring (bicyclic) bond motifs is 2. The van der Waals surface area contributed by atoms with Crippen LogP contribution in [0.1, 0.15) is 31.2 Å². The molecule has 3 heteroatoms. The highest BCUT2D eigenvalue weighted by atomic mass is 19.1. The molecule has 16 heavy (non-hydrogen) atoms. The molecular formula is C13H15FO2. The molecule has 0 saturated carbocycles. The molecule has 2 unspecified atom stereocenters. The van der Waals surface area contributed by atoms with Gasteiger partial charge in [-0.2, -0.15) is 0 Å². The van der Waals surface area contributed by atoms with Crippen LogP contribution < -0.4 is 0 Å². The Bertz CT molecular complexity index is 393. The first-order chi connectivity index (χ1) is 7.66. The van der Waals surface area contributed by atoms with Crippen molar-refractivity contribution >= 4 is 0 Å². The van der Waals surface area contributed by atoms with E-state index in [0.29, 0.717) is 18.4 Å². The summed E-state index contributed by atoms with van der Waals surface area (Å²) in [4.78, 5) is 0. The second kappa shape index (κ2) is 3.54. The quantitative estimate of drug-likeness (QED) is 0.790. The van der Waals surface area contributed by atoms with Crippen molar-refractivity contribution in [2.24, 2.45) is 0 Å². The predicted octanol–water partition coefficient (Wildman–Crippen LogP) is 2.35. The molecule has 2 atom stereocenters. The number of hydrogen-bond acceptors (Lipinski definition) is 2. The summed E-state index contributed by atoms with van der Waals surface area (Å²) in [6.45, 7) is 0. The number of halogens is 1. The van der Waals surface area contributed by atoms with E-state index in [4.69, 9.17) is 4.74 Å². The lowest BCUT2D eigenvalue weighted by atomic mass is 9.83. The van der Waals surface area contributed by atoms with E-state index in [1.807, 2.05) is 0 Å². The Hall–Kier alpha value is -0.930. The van der Waals surface area contributed by atoms with E-state index in [1.54, 1.807) is 12.1 Å². The molecule has 1 N–H and O–H groups in total. The van der Waals surface area contributed by atoms with Crippen molar-refractivity contribution in [1.29, 1.82) is 0 Å². The van der Waals surface area contributed by atoms with Crippen molar-refractivity contribution in [2.75, 3.05) is 0 Å². The van der Waals surface area contributed by atoms with Gasteiger partial charge in [-0.1, -0.05) is 12.1 Å². The van der Waals surface area contributed by atoms with Gasteiger partial charge in [0.2, 0.25) is 0 Å². The van der Waals surface area contributed by atoms with Crippen LogP contribution >= 0.6 is 0 Å². The summed E-state index contributed by atoms with van der Waals surface area (Å²) in [6.07, 6.45) is 3.50. The topological polar surface area (TPSA) is 29.5 Å².